The van der Waals surface area contributed by atoms with E-state index in [2.05, 4.69) is 18.7 Å². The second-order valence-corrected chi connectivity index (χ2v) is 8.29. The highest BCUT2D eigenvalue weighted by Crippen LogP contribution is 2.34. The quantitative estimate of drug-likeness (QED) is 0.636. The lowest BCUT2D eigenvalue weighted by Gasteiger charge is -2.35. The van der Waals surface area contributed by atoms with Crippen molar-refractivity contribution in [1.82, 2.24) is 9.80 Å². The van der Waals surface area contributed by atoms with E-state index in [1.165, 1.54) is 11.0 Å². The summed E-state index contributed by atoms with van der Waals surface area (Å²) < 4.78 is 24.8. The molecule has 3 rings (SSSR count). The van der Waals surface area contributed by atoms with Crippen LogP contribution in [0.25, 0.3) is 0 Å². The van der Waals surface area contributed by atoms with Gasteiger partial charge in [-0.2, -0.15) is 0 Å². The number of rotatable bonds is 6. The maximum absolute atomic E-state index is 14.1. The van der Waals surface area contributed by atoms with Crippen molar-refractivity contribution in [2.45, 2.75) is 45.3 Å². The number of halogens is 2. The molecule has 0 unspecified atom stereocenters. The summed E-state index contributed by atoms with van der Waals surface area (Å²) in [5, 5.41) is 0. The minimum absolute atomic E-state index is 0. The third-order valence-corrected chi connectivity index (χ3v) is 5.60. The average molecular weight is 437 g/mol. The van der Waals surface area contributed by atoms with Gasteiger partial charge in [0.2, 0.25) is 0 Å². The van der Waals surface area contributed by atoms with Crippen molar-refractivity contribution in [2.75, 3.05) is 21.2 Å². The van der Waals surface area contributed by atoms with Crippen LogP contribution in [0.15, 0.2) is 36.4 Å². The van der Waals surface area contributed by atoms with Gasteiger partial charge in [-0.1, -0.05) is 18.2 Å². The van der Waals surface area contributed by atoms with Crippen molar-refractivity contribution >= 4 is 18.5 Å². The largest absolute Gasteiger partial charge is 0.493 e. The van der Waals surface area contributed by atoms with Gasteiger partial charge in [0.15, 0.2) is 11.5 Å². The number of hydrogen-bond donors (Lipinski definition) is 0. The number of nitrogens with zero attached hydrogens (tertiary/aromatic N) is 2. The molecule has 7 heteroatoms. The normalized spacial score (nSPS) is 13.4. The van der Waals surface area contributed by atoms with E-state index in [1.54, 1.807) is 33.3 Å². The molecule has 164 valence electrons. The number of amides is 1. The SMILES string of the molecule is COc1cc(CCC(C)(C)N2Cc3cccc(F)c3C2)ccc1OC(=O)N(C)C.Cl. The van der Waals surface area contributed by atoms with Gasteiger partial charge in [-0.3, -0.25) is 4.90 Å². The highest BCUT2D eigenvalue weighted by atomic mass is 35.5. The first-order valence-electron chi connectivity index (χ1n) is 9.78. The number of ether oxygens (including phenoxy) is 2. The zero-order valence-corrected chi connectivity index (χ0v) is 19.0. The molecular formula is C23H30ClFN2O3. The lowest BCUT2D eigenvalue weighted by Crippen LogP contribution is -2.40. The summed E-state index contributed by atoms with van der Waals surface area (Å²) in [6.07, 6.45) is 1.29. The first-order valence-corrected chi connectivity index (χ1v) is 9.78. The lowest BCUT2D eigenvalue weighted by molar-refractivity contribution is 0.109. The fraction of sp³-hybridized carbons (Fsp3) is 0.435. The Balaban J connectivity index is 0.00000320. The zero-order valence-electron chi connectivity index (χ0n) is 18.2. The van der Waals surface area contributed by atoms with Gasteiger partial charge in [-0.25, -0.2) is 9.18 Å². The Morgan fingerprint density at radius 3 is 2.53 bits per heavy atom. The minimum Gasteiger partial charge on any atom is -0.493 e. The number of hydrogen-bond acceptors (Lipinski definition) is 4. The fourth-order valence-corrected chi connectivity index (χ4v) is 3.55. The molecule has 0 bridgehead atoms. The number of benzene rings is 2. The molecule has 1 heterocycles. The molecule has 1 aliphatic rings. The first-order chi connectivity index (χ1) is 13.7. The molecule has 0 aliphatic carbocycles. The standard InChI is InChI=1S/C23H29FN2O3.ClH/c1-23(2,26-14-17-7-6-8-19(24)18(17)15-26)12-11-16-9-10-20(21(13-16)28-5)29-22(27)25(3)4;/h6-10,13H,11-12,14-15H2,1-5H3;1H. The van der Waals surface area contributed by atoms with Crippen LogP contribution < -0.4 is 9.47 Å². The van der Waals surface area contributed by atoms with Gasteiger partial charge >= 0.3 is 6.09 Å². The Morgan fingerprint density at radius 2 is 1.90 bits per heavy atom. The average Bonchev–Trinajstić information content (AvgIpc) is 3.14. The Labute approximate surface area is 184 Å². The highest BCUT2D eigenvalue weighted by Gasteiger charge is 2.32. The number of carbonyl (C=O) groups is 1. The van der Waals surface area contributed by atoms with E-state index < -0.39 is 6.09 Å². The van der Waals surface area contributed by atoms with Crippen LogP contribution in [0.2, 0.25) is 0 Å². The summed E-state index contributed by atoms with van der Waals surface area (Å²) in [5.74, 6) is 0.819. The number of methoxy groups -OCH3 is 1. The van der Waals surface area contributed by atoms with Gasteiger partial charge in [0.1, 0.15) is 5.82 Å². The maximum Gasteiger partial charge on any atom is 0.414 e. The fourth-order valence-electron chi connectivity index (χ4n) is 3.55. The monoisotopic (exact) mass is 436 g/mol. The Morgan fingerprint density at radius 1 is 1.17 bits per heavy atom. The number of aryl methyl sites for hydroxylation is 1. The molecule has 0 aromatic heterocycles. The topological polar surface area (TPSA) is 42.0 Å². The van der Waals surface area contributed by atoms with E-state index >= 15 is 0 Å². The molecule has 5 nitrogen and oxygen atoms in total. The lowest BCUT2D eigenvalue weighted by atomic mass is 9.93. The smallest absolute Gasteiger partial charge is 0.414 e. The van der Waals surface area contributed by atoms with Crippen LogP contribution >= 0.6 is 12.4 Å². The zero-order chi connectivity index (χ0) is 21.2. The molecule has 0 radical (unpaired) electrons. The predicted octanol–water partition coefficient (Wildman–Crippen LogP) is 5.04. The van der Waals surface area contributed by atoms with Gasteiger partial charge in [0.05, 0.1) is 7.11 Å². The Kier molecular flexibility index (Phi) is 7.72. The van der Waals surface area contributed by atoms with Crippen LogP contribution in [0.3, 0.4) is 0 Å². The van der Waals surface area contributed by atoms with E-state index in [4.69, 9.17) is 9.47 Å². The first kappa shape index (κ1) is 24.0. The number of carbonyl (C=O) groups excluding carboxylic acids is 1. The third-order valence-electron chi connectivity index (χ3n) is 5.60. The van der Waals surface area contributed by atoms with E-state index in [0.29, 0.717) is 18.0 Å². The van der Waals surface area contributed by atoms with Gasteiger partial charge in [-0.15, -0.1) is 12.4 Å². The molecule has 0 fully saturated rings. The van der Waals surface area contributed by atoms with Crippen molar-refractivity contribution in [3.63, 3.8) is 0 Å². The van der Waals surface area contributed by atoms with Crippen LogP contribution in [0, 0.1) is 5.82 Å². The molecule has 2 aromatic rings. The van der Waals surface area contributed by atoms with Gasteiger partial charge < -0.3 is 14.4 Å². The maximum atomic E-state index is 14.1. The summed E-state index contributed by atoms with van der Waals surface area (Å²) in [4.78, 5) is 15.5. The molecule has 1 aliphatic heterocycles. The Bertz CT molecular complexity index is 902. The predicted molar refractivity (Wildman–Crippen MR) is 118 cm³/mol. The van der Waals surface area contributed by atoms with E-state index in [1.807, 2.05) is 18.2 Å². The van der Waals surface area contributed by atoms with Crippen LogP contribution in [-0.4, -0.2) is 42.6 Å². The molecular weight excluding hydrogens is 407 g/mol. The summed E-state index contributed by atoms with van der Waals surface area (Å²) in [6, 6.07) is 11.0. The summed E-state index contributed by atoms with van der Waals surface area (Å²) in [5.41, 5.74) is 2.90. The molecule has 0 saturated heterocycles. The van der Waals surface area contributed by atoms with Crippen molar-refractivity contribution in [1.29, 1.82) is 0 Å². The second-order valence-electron chi connectivity index (χ2n) is 8.29. The summed E-state index contributed by atoms with van der Waals surface area (Å²) in [7, 11) is 4.83. The van der Waals surface area contributed by atoms with Gasteiger partial charge in [0.25, 0.3) is 0 Å². The molecule has 0 atom stereocenters. The van der Waals surface area contributed by atoms with E-state index in [9.17, 15) is 9.18 Å². The highest BCUT2D eigenvalue weighted by molar-refractivity contribution is 5.85. The van der Waals surface area contributed by atoms with E-state index in [0.717, 1.165) is 36.1 Å². The molecule has 0 saturated carbocycles. The van der Waals surface area contributed by atoms with Crippen LogP contribution in [0.5, 0.6) is 11.5 Å². The third kappa shape index (κ3) is 5.24. The summed E-state index contributed by atoms with van der Waals surface area (Å²) in [6.45, 7) is 5.79. The second kappa shape index (κ2) is 9.67. The molecule has 30 heavy (non-hydrogen) atoms. The van der Waals surface area contributed by atoms with Crippen LogP contribution in [0.1, 0.15) is 37.0 Å². The van der Waals surface area contributed by atoms with Gasteiger partial charge in [0, 0.05) is 38.3 Å². The van der Waals surface area contributed by atoms with Crippen molar-refractivity contribution in [2.24, 2.45) is 0 Å². The van der Waals surface area contributed by atoms with Gasteiger partial charge in [-0.05, 0) is 56.0 Å². The summed E-state index contributed by atoms with van der Waals surface area (Å²) >= 11 is 0. The van der Waals surface area contributed by atoms with Crippen molar-refractivity contribution in [3.05, 3.63) is 58.9 Å². The minimum atomic E-state index is -0.446. The van der Waals surface area contributed by atoms with E-state index in [-0.39, 0.29) is 23.8 Å². The van der Waals surface area contributed by atoms with Crippen LogP contribution in [0.4, 0.5) is 9.18 Å². The molecule has 0 N–H and O–H groups in total. The van der Waals surface area contributed by atoms with Crippen molar-refractivity contribution < 1.29 is 18.7 Å². The molecule has 2 aromatic carbocycles. The molecule has 1 amide bonds. The van der Waals surface area contributed by atoms with Crippen molar-refractivity contribution in [3.8, 4) is 11.5 Å². The number of fused-ring (bicyclic) bond motifs is 1. The van der Waals surface area contributed by atoms with Crippen LogP contribution in [-0.2, 0) is 19.5 Å². The molecule has 0 spiro atoms. The Hall–Kier alpha value is -2.31.